The molecule has 1 N–H and O–H groups in total. The Bertz CT molecular complexity index is 2090. The Kier molecular flexibility index (Phi) is 9.66. The van der Waals surface area contributed by atoms with Gasteiger partial charge in [0.2, 0.25) is 0 Å². The van der Waals surface area contributed by atoms with Crippen molar-refractivity contribution in [3.8, 4) is 0 Å². The van der Waals surface area contributed by atoms with Crippen LogP contribution in [0.3, 0.4) is 0 Å². The Morgan fingerprint density at radius 1 is 0.667 bits per heavy atom. The molecule has 0 aliphatic carbocycles. The Morgan fingerprint density at radius 3 is 1.59 bits per heavy atom. The van der Waals surface area contributed by atoms with Crippen LogP contribution in [0, 0.1) is 0 Å². The lowest BCUT2D eigenvalue weighted by atomic mass is 9.68. The van der Waals surface area contributed by atoms with Crippen LogP contribution in [0.1, 0.15) is 75.3 Å². The zero-order valence-electron chi connectivity index (χ0n) is 30.4. The van der Waals surface area contributed by atoms with E-state index in [9.17, 15) is 18.0 Å². The number of piperidine rings is 2. The molecule has 2 unspecified atom stereocenters. The van der Waals surface area contributed by atoms with Crippen LogP contribution >= 0.6 is 11.8 Å². The van der Waals surface area contributed by atoms with E-state index in [1.54, 1.807) is 12.4 Å². The van der Waals surface area contributed by atoms with Gasteiger partial charge in [0.05, 0.1) is 16.7 Å². The highest BCUT2D eigenvalue weighted by atomic mass is 32.2. The van der Waals surface area contributed by atoms with Crippen molar-refractivity contribution in [3.63, 3.8) is 0 Å². The van der Waals surface area contributed by atoms with Gasteiger partial charge in [0.25, 0.3) is 5.91 Å². The third-order valence-electron chi connectivity index (χ3n) is 11.7. The van der Waals surface area contributed by atoms with Gasteiger partial charge < -0.3 is 15.1 Å². The highest BCUT2D eigenvalue weighted by Crippen LogP contribution is 2.48. The number of benzene rings is 3. The van der Waals surface area contributed by atoms with Crippen molar-refractivity contribution in [1.29, 1.82) is 0 Å². The van der Waals surface area contributed by atoms with Crippen molar-refractivity contribution in [1.82, 2.24) is 15.3 Å². The molecule has 5 heterocycles. The number of pyridine rings is 2. The van der Waals surface area contributed by atoms with Crippen LogP contribution in [-0.4, -0.2) is 59.1 Å². The maximum atomic E-state index is 15.2. The first-order valence-corrected chi connectivity index (χ1v) is 19.6. The lowest BCUT2D eigenvalue weighted by molar-refractivity contribution is -0.123. The van der Waals surface area contributed by atoms with Gasteiger partial charge in [-0.15, -0.1) is 0 Å². The van der Waals surface area contributed by atoms with Gasteiger partial charge in [0.1, 0.15) is 5.54 Å². The minimum atomic E-state index is -4.47. The highest BCUT2D eigenvalue weighted by molar-refractivity contribution is 8.00. The molecule has 2 aromatic heterocycles. The normalized spacial score (nSPS) is 20.8. The zero-order valence-corrected chi connectivity index (χ0v) is 31.2. The lowest BCUT2D eigenvalue weighted by Crippen LogP contribution is -2.55. The molecule has 3 aliphatic rings. The third-order valence-corrected chi connectivity index (χ3v) is 12.4. The van der Waals surface area contributed by atoms with E-state index in [-0.39, 0.29) is 22.3 Å². The summed E-state index contributed by atoms with van der Waals surface area (Å²) < 4.78 is 39.4. The molecule has 0 radical (unpaired) electrons. The number of imide groups is 1. The number of anilines is 3. The number of hydrogen-bond donors (Lipinski definition) is 1. The first-order chi connectivity index (χ1) is 26.0. The smallest absolute Gasteiger partial charge is 0.371 e. The van der Waals surface area contributed by atoms with Crippen LogP contribution in [0.15, 0.2) is 90.1 Å². The molecule has 280 valence electrons. The molecule has 3 saturated heterocycles. The summed E-state index contributed by atoms with van der Waals surface area (Å²) in [6, 6.07) is 21.1. The van der Waals surface area contributed by atoms with Crippen molar-refractivity contribution >= 4 is 62.6 Å². The molecule has 5 aromatic rings. The van der Waals surface area contributed by atoms with E-state index < -0.39 is 34.8 Å². The highest BCUT2D eigenvalue weighted by Gasteiger charge is 2.59. The van der Waals surface area contributed by atoms with E-state index >= 15 is 4.79 Å². The van der Waals surface area contributed by atoms with Gasteiger partial charge in [-0.25, -0.2) is 9.69 Å². The fourth-order valence-electron chi connectivity index (χ4n) is 8.82. The maximum absolute atomic E-state index is 15.2. The van der Waals surface area contributed by atoms with Crippen LogP contribution in [0.25, 0.3) is 21.8 Å². The monoisotopic (exact) mass is 752 g/mol. The van der Waals surface area contributed by atoms with Gasteiger partial charge in [-0.3, -0.25) is 14.8 Å². The minimum absolute atomic E-state index is 0.0364. The number of nitrogens with one attached hydrogen (secondary N) is 1. The second-order valence-corrected chi connectivity index (χ2v) is 15.9. The first-order valence-electron chi connectivity index (χ1n) is 18.8. The molecule has 12 heteroatoms. The Balaban J connectivity index is 1.23. The van der Waals surface area contributed by atoms with Crippen LogP contribution in [-0.2, 0) is 4.79 Å². The van der Waals surface area contributed by atoms with E-state index in [1.807, 2.05) is 26.0 Å². The maximum Gasteiger partial charge on any atom is 0.446 e. The summed E-state index contributed by atoms with van der Waals surface area (Å²) in [6.45, 7) is 7.91. The summed E-state index contributed by atoms with van der Waals surface area (Å²) in [5, 5.41) is 4.94. The van der Waals surface area contributed by atoms with E-state index in [0.717, 1.165) is 101 Å². The van der Waals surface area contributed by atoms with Crippen molar-refractivity contribution in [2.75, 3.05) is 40.9 Å². The van der Waals surface area contributed by atoms with Gasteiger partial charge >= 0.3 is 11.5 Å². The molecule has 0 bridgehead atoms. The van der Waals surface area contributed by atoms with Crippen LogP contribution < -0.4 is 20.0 Å². The average Bonchev–Trinajstić information content (AvgIpc) is 3.46. The third kappa shape index (κ3) is 6.62. The molecular formula is C42H43F3N6O2S. The standard InChI is InChI=1S/C42H43F3N6O2S/c1-27(33-17-19-46-37-25-30(11-15-35(33)37)49-21-5-3-6-22-49)41(39(52)51(40(53)48-41)29-9-13-32(14-10-29)54-42(43,44)45)28(2)34-18-20-47-38-26-31(12-16-36(34)38)50-23-7-4-8-24-50/h9-20,25-28H,3-8,21-24H2,1-2H3,(H,48,53). The molecular weight excluding hydrogens is 710 g/mol. The number of carbonyl (C=O) groups is 2. The largest absolute Gasteiger partial charge is 0.446 e. The van der Waals surface area contributed by atoms with Gasteiger partial charge in [-0.05, 0) is 122 Å². The van der Waals surface area contributed by atoms with Crippen LogP contribution in [0.5, 0.6) is 0 Å². The van der Waals surface area contributed by atoms with Crippen molar-refractivity contribution in [3.05, 3.63) is 96.3 Å². The number of alkyl halides is 3. The van der Waals surface area contributed by atoms with E-state index in [0.29, 0.717) is 0 Å². The Morgan fingerprint density at radius 2 is 1.13 bits per heavy atom. The second kappa shape index (κ2) is 14.4. The quantitative estimate of drug-likeness (QED) is 0.125. The average molecular weight is 753 g/mol. The molecule has 3 aromatic carbocycles. The number of halogens is 3. The summed E-state index contributed by atoms with van der Waals surface area (Å²) in [4.78, 5) is 44.6. The molecule has 0 saturated carbocycles. The van der Waals surface area contributed by atoms with Crippen molar-refractivity contribution < 1.29 is 22.8 Å². The van der Waals surface area contributed by atoms with E-state index in [4.69, 9.17) is 9.97 Å². The Hall–Kier alpha value is -4.84. The summed E-state index contributed by atoms with van der Waals surface area (Å²) in [6.07, 6.45) is 10.6. The number of hydrogen-bond acceptors (Lipinski definition) is 7. The minimum Gasteiger partial charge on any atom is -0.371 e. The number of thioether (sulfide) groups is 1. The number of carbonyl (C=O) groups excluding carboxylic acids is 2. The van der Waals surface area contributed by atoms with Gasteiger partial charge in [0, 0.05) is 77.5 Å². The number of aromatic nitrogens is 2. The summed E-state index contributed by atoms with van der Waals surface area (Å²) >= 11 is -0.242. The Labute approximate surface area is 317 Å². The molecule has 8 rings (SSSR count). The fraction of sp³-hybridized carbons (Fsp3) is 0.381. The van der Waals surface area contributed by atoms with Gasteiger partial charge in [-0.2, -0.15) is 13.2 Å². The molecule has 0 spiro atoms. The van der Waals surface area contributed by atoms with Crippen LogP contribution in [0.4, 0.5) is 35.0 Å². The number of amides is 3. The van der Waals surface area contributed by atoms with Gasteiger partial charge in [-0.1, -0.05) is 26.0 Å². The molecule has 54 heavy (non-hydrogen) atoms. The van der Waals surface area contributed by atoms with E-state index in [1.165, 1.54) is 37.1 Å². The van der Waals surface area contributed by atoms with Crippen molar-refractivity contribution in [2.45, 2.75) is 80.2 Å². The SMILES string of the molecule is CC(c1ccnc2cc(N3CCCCC3)ccc12)C1(C(C)c2ccnc3cc(N4CCCCC4)ccc23)NC(=O)N(c2ccc(SC(F)(F)F)cc2)C1=O. The molecule has 2 atom stereocenters. The fourth-order valence-corrected chi connectivity index (χ4v) is 9.36. The summed E-state index contributed by atoms with van der Waals surface area (Å²) in [7, 11) is 0. The van der Waals surface area contributed by atoms with Gasteiger partial charge in [0.15, 0.2) is 0 Å². The number of rotatable bonds is 8. The molecule has 3 fully saturated rings. The zero-order chi connectivity index (χ0) is 37.6. The molecule has 3 aliphatic heterocycles. The summed E-state index contributed by atoms with van der Waals surface area (Å²) in [5.74, 6) is -1.60. The van der Waals surface area contributed by atoms with Crippen molar-refractivity contribution in [2.24, 2.45) is 0 Å². The predicted octanol–water partition coefficient (Wildman–Crippen LogP) is 9.78. The second-order valence-electron chi connectivity index (χ2n) is 14.7. The number of nitrogens with zero attached hydrogens (tertiary/aromatic N) is 5. The molecule has 8 nitrogen and oxygen atoms in total. The van der Waals surface area contributed by atoms with E-state index in [2.05, 4.69) is 51.5 Å². The first kappa shape index (κ1) is 36.2. The summed E-state index contributed by atoms with van der Waals surface area (Å²) in [5.41, 5.74) is -0.223. The molecule has 3 amide bonds. The lowest BCUT2D eigenvalue weighted by Gasteiger charge is -2.39. The number of fused-ring (bicyclic) bond motifs is 2. The predicted molar refractivity (Wildman–Crippen MR) is 210 cm³/mol. The number of urea groups is 1. The van der Waals surface area contributed by atoms with Crippen LogP contribution in [0.2, 0.25) is 0 Å². The topological polar surface area (TPSA) is 81.7 Å².